The van der Waals surface area contributed by atoms with Crippen LogP contribution in [0.2, 0.25) is 0 Å². The van der Waals surface area contributed by atoms with Crippen LogP contribution in [0.15, 0.2) is 54.9 Å². The van der Waals surface area contributed by atoms with Crippen LogP contribution >= 0.6 is 22.6 Å². The lowest BCUT2D eigenvalue weighted by Gasteiger charge is -2.24. The number of rotatable bonds is 5. The maximum Gasteiger partial charge on any atom is 0.150 e. The highest BCUT2D eigenvalue weighted by Gasteiger charge is 2.19. The standard InChI is InChI=1S/C20H20IN3O2/c21-16-6-4-15(5-7-16)14-26-17-8-9-18(22-13-17)19-10-11-23-24(19)20-3-1-2-12-25-20/h4-11,13,20H,1-3,12,14H2. The van der Waals surface area contributed by atoms with Crippen LogP contribution < -0.4 is 4.74 Å². The summed E-state index contributed by atoms with van der Waals surface area (Å²) in [6.45, 7) is 1.33. The van der Waals surface area contributed by atoms with E-state index in [9.17, 15) is 0 Å². The van der Waals surface area contributed by atoms with Crippen LogP contribution in [-0.2, 0) is 11.3 Å². The van der Waals surface area contributed by atoms with Gasteiger partial charge in [-0.15, -0.1) is 0 Å². The Hall–Kier alpha value is -1.93. The highest BCUT2D eigenvalue weighted by molar-refractivity contribution is 14.1. The molecule has 5 nitrogen and oxygen atoms in total. The first kappa shape index (κ1) is 17.5. The predicted molar refractivity (Wildman–Crippen MR) is 108 cm³/mol. The quantitative estimate of drug-likeness (QED) is 0.511. The van der Waals surface area contributed by atoms with Crippen LogP contribution in [0.4, 0.5) is 0 Å². The Morgan fingerprint density at radius 2 is 2.00 bits per heavy atom. The highest BCUT2D eigenvalue weighted by atomic mass is 127. The van der Waals surface area contributed by atoms with E-state index in [-0.39, 0.29) is 6.23 Å². The van der Waals surface area contributed by atoms with Gasteiger partial charge in [-0.2, -0.15) is 5.10 Å². The normalized spacial score (nSPS) is 17.2. The van der Waals surface area contributed by atoms with Crippen molar-refractivity contribution in [2.75, 3.05) is 6.61 Å². The molecule has 3 heterocycles. The molecule has 1 aliphatic rings. The van der Waals surface area contributed by atoms with E-state index >= 15 is 0 Å². The first-order valence-corrected chi connectivity index (χ1v) is 9.86. The number of hydrogen-bond donors (Lipinski definition) is 0. The number of ether oxygens (including phenoxy) is 2. The third-order valence-electron chi connectivity index (χ3n) is 4.42. The Kier molecular flexibility index (Phi) is 5.50. The average molecular weight is 461 g/mol. The van der Waals surface area contributed by atoms with Crippen LogP contribution in [0.25, 0.3) is 11.4 Å². The second-order valence-electron chi connectivity index (χ2n) is 6.28. The van der Waals surface area contributed by atoms with Crippen molar-refractivity contribution in [3.8, 4) is 17.1 Å². The van der Waals surface area contributed by atoms with Crippen LogP contribution in [0.1, 0.15) is 31.1 Å². The Bertz CT molecular complexity index is 840. The molecule has 1 fully saturated rings. The van der Waals surface area contributed by atoms with Gasteiger partial charge in [0.2, 0.25) is 0 Å². The number of nitrogens with zero attached hydrogens (tertiary/aromatic N) is 3. The molecule has 1 aromatic carbocycles. The molecule has 3 aromatic rings. The largest absolute Gasteiger partial charge is 0.487 e. The maximum absolute atomic E-state index is 5.85. The van der Waals surface area contributed by atoms with Crippen molar-refractivity contribution in [2.24, 2.45) is 0 Å². The molecular formula is C20H20IN3O2. The average Bonchev–Trinajstić information content (AvgIpc) is 3.18. The summed E-state index contributed by atoms with van der Waals surface area (Å²) >= 11 is 2.30. The summed E-state index contributed by atoms with van der Waals surface area (Å²) in [6, 6.07) is 14.2. The van der Waals surface area contributed by atoms with Crippen LogP contribution in [0, 0.1) is 3.57 Å². The van der Waals surface area contributed by atoms with Gasteiger partial charge < -0.3 is 9.47 Å². The van der Waals surface area contributed by atoms with Gasteiger partial charge in [0.15, 0.2) is 6.23 Å². The molecule has 0 bridgehead atoms. The number of benzene rings is 1. The molecule has 26 heavy (non-hydrogen) atoms. The van der Waals surface area contributed by atoms with Crippen molar-refractivity contribution < 1.29 is 9.47 Å². The topological polar surface area (TPSA) is 49.2 Å². The van der Waals surface area contributed by atoms with Gasteiger partial charge in [-0.3, -0.25) is 4.98 Å². The molecule has 0 aliphatic carbocycles. The molecule has 0 amide bonds. The van der Waals surface area contributed by atoms with Gasteiger partial charge in [0.1, 0.15) is 12.4 Å². The van der Waals surface area contributed by atoms with Gasteiger partial charge >= 0.3 is 0 Å². The minimum absolute atomic E-state index is 0.00681. The summed E-state index contributed by atoms with van der Waals surface area (Å²) in [7, 11) is 0. The molecule has 4 rings (SSSR count). The molecule has 1 aliphatic heterocycles. The number of pyridine rings is 1. The van der Waals surface area contributed by atoms with Gasteiger partial charge in [0, 0.05) is 16.4 Å². The van der Waals surface area contributed by atoms with Crippen molar-refractivity contribution >= 4 is 22.6 Å². The van der Waals surface area contributed by atoms with Gasteiger partial charge in [0.05, 0.1) is 17.6 Å². The molecule has 1 saturated heterocycles. The van der Waals surface area contributed by atoms with E-state index in [0.717, 1.165) is 42.1 Å². The molecule has 0 N–H and O–H groups in total. The third kappa shape index (κ3) is 4.07. The number of hydrogen-bond acceptors (Lipinski definition) is 4. The second kappa shape index (κ2) is 8.18. The predicted octanol–water partition coefficient (Wildman–Crippen LogP) is 4.83. The number of aromatic nitrogens is 3. The van der Waals surface area contributed by atoms with Gasteiger partial charge in [-0.1, -0.05) is 12.1 Å². The molecule has 1 atom stereocenters. The lowest BCUT2D eigenvalue weighted by Crippen LogP contribution is -2.20. The Balaban J connectivity index is 1.44. The molecule has 0 radical (unpaired) electrons. The lowest BCUT2D eigenvalue weighted by atomic mass is 10.2. The Labute approximate surface area is 166 Å². The number of halogens is 1. The molecule has 0 spiro atoms. The van der Waals surface area contributed by atoms with Crippen molar-refractivity contribution in [1.82, 2.24) is 14.8 Å². The Morgan fingerprint density at radius 1 is 1.12 bits per heavy atom. The molecule has 1 unspecified atom stereocenters. The summed E-state index contributed by atoms with van der Waals surface area (Å²) in [5.74, 6) is 0.757. The van der Waals surface area contributed by atoms with Crippen molar-refractivity contribution in [2.45, 2.75) is 32.1 Å². The lowest BCUT2D eigenvalue weighted by molar-refractivity contribution is -0.0384. The fraction of sp³-hybridized carbons (Fsp3) is 0.300. The van der Waals surface area contributed by atoms with Crippen LogP contribution in [-0.4, -0.2) is 21.4 Å². The summed E-state index contributed by atoms with van der Waals surface area (Å²) in [4.78, 5) is 4.56. The van der Waals surface area contributed by atoms with Gasteiger partial charge in [0.25, 0.3) is 0 Å². The molecule has 6 heteroatoms. The molecular weight excluding hydrogens is 441 g/mol. The first-order chi connectivity index (χ1) is 12.8. The maximum atomic E-state index is 5.85. The van der Waals surface area contributed by atoms with E-state index in [1.807, 2.05) is 22.9 Å². The fourth-order valence-corrected chi connectivity index (χ4v) is 3.39. The zero-order valence-electron chi connectivity index (χ0n) is 14.3. The highest BCUT2D eigenvalue weighted by Crippen LogP contribution is 2.28. The van der Waals surface area contributed by atoms with E-state index < -0.39 is 0 Å². The minimum atomic E-state index is 0.00681. The van der Waals surface area contributed by atoms with Gasteiger partial charge in [-0.05, 0) is 77.7 Å². The van der Waals surface area contributed by atoms with E-state index in [1.54, 1.807) is 12.4 Å². The van der Waals surface area contributed by atoms with E-state index in [2.05, 4.69) is 56.9 Å². The van der Waals surface area contributed by atoms with Gasteiger partial charge in [-0.25, -0.2) is 4.68 Å². The summed E-state index contributed by atoms with van der Waals surface area (Å²) in [5.41, 5.74) is 2.99. The zero-order chi connectivity index (χ0) is 17.8. The van der Waals surface area contributed by atoms with E-state index in [0.29, 0.717) is 6.61 Å². The summed E-state index contributed by atoms with van der Waals surface area (Å²) in [6.07, 6.45) is 6.86. The van der Waals surface area contributed by atoms with Crippen LogP contribution in [0.3, 0.4) is 0 Å². The van der Waals surface area contributed by atoms with Crippen molar-refractivity contribution in [3.63, 3.8) is 0 Å². The molecule has 2 aromatic heterocycles. The fourth-order valence-electron chi connectivity index (χ4n) is 3.03. The zero-order valence-corrected chi connectivity index (χ0v) is 16.5. The summed E-state index contributed by atoms with van der Waals surface area (Å²) in [5, 5.41) is 4.44. The smallest absolute Gasteiger partial charge is 0.150 e. The van der Waals surface area contributed by atoms with Crippen LogP contribution in [0.5, 0.6) is 5.75 Å². The Morgan fingerprint density at radius 3 is 2.73 bits per heavy atom. The third-order valence-corrected chi connectivity index (χ3v) is 5.14. The van der Waals surface area contributed by atoms with E-state index in [4.69, 9.17) is 9.47 Å². The SMILES string of the molecule is Ic1ccc(COc2ccc(-c3ccnn3C3CCCCO3)nc2)cc1. The minimum Gasteiger partial charge on any atom is -0.487 e. The second-order valence-corrected chi connectivity index (χ2v) is 7.52. The monoisotopic (exact) mass is 461 g/mol. The molecule has 0 saturated carbocycles. The first-order valence-electron chi connectivity index (χ1n) is 8.78. The van der Waals surface area contributed by atoms with Crippen molar-refractivity contribution in [3.05, 3.63) is 64.0 Å². The molecule has 134 valence electrons. The summed E-state index contributed by atoms with van der Waals surface area (Å²) < 4.78 is 14.8. The van der Waals surface area contributed by atoms with Crippen molar-refractivity contribution in [1.29, 1.82) is 0 Å². The van der Waals surface area contributed by atoms with E-state index in [1.165, 1.54) is 9.99 Å².